The monoisotopic (exact) mass is 130 g/mol. The zero-order valence-corrected chi connectivity index (χ0v) is 5.24. The molecule has 0 spiro atoms. The minimum absolute atomic E-state index is 0.280. The molecule has 3 heteroatoms. The van der Waals surface area contributed by atoms with E-state index in [4.69, 9.17) is 14.9 Å². The maximum absolute atomic E-state index is 9.04. The third kappa shape index (κ3) is 1.43. The number of ether oxygens (including phenoxy) is 1. The van der Waals surface area contributed by atoms with E-state index in [1.54, 1.807) is 6.92 Å². The number of aliphatic hydroxyl groups is 2. The van der Waals surface area contributed by atoms with Gasteiger partial charge in [0.1, 0.15) is 0 Å². The van der Waals surface area contributed by atoms with Crippen molar-refractivity contribution < 1.29 is 14.9 Å². The predicted octanol–water partition coefficient (Wildman–Crippen LogP) is -0.0102. The summed E-state index contributed by atoms with van der Waals surface area (Å²) in [7, 11) is 0. The maximum Gasteiger partial charge on any atom is 0.199 e. The van der Waals surface area contributed by atoms with Crippen LogP contribution in [0.5, 0.6) is 0 Å². The number of rotatable bonds is 0. The highest BCUT2D eigenvalue weighted by molar-refractivity contribution is 5.03. The van der Waals surface area contributed by atoms with E-state index in [1.807, 2.05) is 0 Å². The van der Waals surface area contributed by atoms with Crippen LogP contribution in [0.1, 0.15) is 13.3 Å². The van der Waals surface area contributed by atoms with Gasteiger partial charge in [-0.15, -0.1) is 0 Å². The lowest BCUT2D eigenvalue weighted by Gasteiger charge is -2.21. The molecule has 3 nitrogen and oxygen atoms in total. The third-order valence-electron chi connectivity index (χ3n) is 1.36. The van der Waals surface area contributed by atoms with Crippen LogP contribution in [0, 0.1) is 0 Å². The molecule has 1 heterocycles. The Kier molecular flexibility index (Phi) is 1.73. The van der Waals surface area contributed by atoms with Crippen LogP contribution in [0.15, 0.2) is 11.8 Å². The summed E-state index contributed by atoms with van der Waals surface area (Å²) in [6, 6.07) is 0. The molecule has 2 N–H and O–H groups in total. The second-order valence-corrected chi connectivity index (χ2v) is 2.20. The standard InChI is InChI=1S/C6H10O3/c1-4-3-9-6(8)2-5(4)7/h3,5-8H,2H2,1H3. The van der Waals surface area contributed by atoms with Gasteiger partial charge in [-0.3, -0.25) is 0 Å². The van der Waals surface area contributed by atoms with Gasteiger partial charge in [-0.05, 0) is 12.5 Å². The largest absolute Gasteiger partial charge is 0.473 e. The molecule has 2 unspecified atom stereocenters. The zero-order valence-electron chi connectivity index (χ0n) is 5.24. The molecule has 0 aromatic rings. The maximum atomic E-state index is 9.04. The molecule has 1 aliphatic rings. The van der Waals surface area contributed by atoms with Crippen LogP contribution >= 0.6 is 0 Å². The van der Waals surface area contributed by atoms with Gasteiger partial charge in [0, 0.05) is 6.42 Å². The smallest absolute Gasteiger partial charge is 0.199 e. The van der Waals surface area contributed by atoms with Crippen LogP contribution in [-0.4, -0.2) is 22.6 Å². The quantitative estimate of drug-likeness (QED) is 0.485. The molecule has 52 valence electrons. The van der Waals surface area contributed by atoms with Gasteiger partial charge < -0.3 is 14.9 Å². The van der Waals surface area contributed by atoms with Gasteiger partial charge in [-0.1, -0.05) is 0 Å². The van der Waals surface area contributed by atoms with E-state index >= 15 is 0 Å². The average Bonchev–Trinajstić information content (AvgIpc) is 1.80. The van der Waals surface area contributed by atoms with E-state index in [9.17, 15) is 0 Å². The van der Waals surface area contributed by atoms with Crippen molar-refractivity contribution in [1.29, 1.82) is 0 Å². The molecule has 0 aromatic carbocycles. The number of hydrogen-bond acceptors (Lipinski definition) is 3. The molecule has 0 bridgehead atoms. The van der Waals surface area contributed by atoms with Gasteiger partial charge in [0.2, 0.25) is 0 Å². The molecular weight excluding hydrogens is 120 g/mol. The van der Waals surface area contributed by atoms with Crippen molar-refractivity contribution in [2.45, 2.75) is 25.7 Å². The zero-order chi connectivity index (χ0) is 6.85. The Balaban J connectivity index is 2.56. The Morgan fingerprint density at radius 2 is 2.33 bits per heavy atom. The summed E-state index contributed by atoms with van der Waals surface area (Å²) >= 11 is 0. The highest BCUT2D eigenvalue weighted by Gasteiger charge is 2.18. The van der Waals surface area contributed by atoms with Crippen LogP contribution in [0.25, 0.3) is 0 Å². The average molecular weight is 130 g/mol. The lowest BCUT2D eigenvalue weighted by Crippen LogP contribution is -2.24. The van der Waals surface area contributed by atoms with Crippen LogP contribution in [0.4, 0.5) is 0 Å². The van der Waals surface area contributed by atoms with Gasteiger partial charge >= 0.3 is 0 Å². The first-order valence-corrected chi connectivity index (χ1v) is 2.88. The van der Waals surface area contributed by atoms with Gasteiger partial charge in [0.15, 0.2) is 6.29 Å². The van der Waals surface area contributed by atoms with E-state index in [2.05, 4.69) is 0 Å². The van der Waals surface area contributed by atoms with Gasteiger partial charge in [-0.25, -0.2) is 0 Å². The molecule has 1 aliphatic heterocycles. The fourth-order valence-electron chi connectivity index (χ4n) is 0.697. The SMILES string of the molecule is CC1=COC(O)CC1O. The molecular formula is C6H10O3. The van der Waals surface area contributed by atoms with E-state index in [1.165, 1.54) is 6.26 Å². The van der Waals surface area contributed by atoms with Crippen molar-refractivity contribution in [2.75, 3.05) is 0 Å². The fourth-order valence-corrected chi connectivity index (χ4v) is 0.697. The molecule has 9 heavy (non-hydrogen) atoms. The first kappa shape index (κ1) is 6.58. The highest BCUT2D eigenvalue weighted by Crippen LogP contribution is 2.15. The Labute approximate surface area is 53.6 Å². The predicted molar refractivity (Wildman–Crippen MR) is 31.5 cm³/mol. The first-order chi connectivity index (χ1) is 4.20. The lowest BCUT2D eigenvalue weighted by atomic mass is 10.1. The summed E-state index contributed by atoms with van der Waals surface area (Å²) in [4.78, 5) is 0. The Bertz CT molecular complexity index is 130. The van der Waals surface area contributed by atoms with Crippen LogP contribution < -0.4 is 0 Å². The molecule has 0 saturated heterocycles. The minimum atomic E-state index is -0.830. The van der Waals surface area contributed by atoms with Crippen LogP contribution in [0.3, 0.4) is 0 Å². The van der Waals surface area contributed by atoms with E-state index in [0.717, 1.165) is 5.57 Å². The fraction of sp³-hybridized carbons (Fsp3) is 0.667. The number of hydrogen-bond donors (Lipinski definition) is 2. The molecule has 0 fully saturated rings. The number of aliphatic hydroxyl groups excluding tert-OH is 2. The van der Waals surface area contributed by atoms with Gasteiger partial charge in [0.25, 0.3) is 0 Å². The molecule has 0 aromatic heterocycles. The Morgan fingerprint density at radius 1 is 1.67 bits per heavy atom. The summed E-state index contributed by atoms with van der Waals surface area (Å²) in [5.74, 6) is 0. The summed E-state index contributed by atoms with van der Waals surface area (Å²) in [6.45, 7) is 1.76. The summed E-state index contributed by atoms with van der Waals surface area (Å²) in [5, 5.41) is 17.8. The second-order valence-electron chi connectivity index (χ2n) is 2.20. The van der Waals surface area contributed by atoms with Crippen molar-refractivity contribution in [2.24, 2.45) is 0 Å². The Hall–Kier alpha value is -0.540. The molecule has 0 saturated carbocycles. The lowest BCUT2D eigenvalue weighted by molar-refractivity contribution is -0.0878. The van der Waals surface area contributed by atoms with E-state index < -0.39 is 12.4 Å². The van der Waals surface area contributed by atoms with Crippen molar-refractivity contribution in [3.05, 3.63) is 11.8 Å². The molecule has 0 aliphatic carbocycles. The van der Waals surface area contributed by atoms with Gasteiger partial charge in [0.05, 0.1) is 12.4 Å². The van der Waals surface area contributed by atoms with Crippen LogP contribution in [0.2, 0.25) is 0 Å². The molecule has 0 radical (unpaired) electrons. The van der Waals surface area contributed by atoms with Crippen molar-refractivity contribution in [3.63, 3.8) is 0 Å². The van der Waals surface area contributed by atoms with Crippen molar-refractivity contribution in [1.82, 2.24) is 0 Å². The molecule has 2 atom stereocenters. The van der Waals surface area contributed by atoms with Crippen molar-refractivity contribution in [3.8, 4) is 0 Å². The topological polar surface area (TPSA) is 49.7 Å². The molecule has 0 amide bonds. The first-order valence-electron chi connectivity index (χ1n) is 2.88. The summed E-state index contributed by atoms with van der Waals surface area (Å²) in [5.41, 5.74) is 0.764. The second kappa shape index (κ2) is 2.37. The van der Waals surface area contributed by atoms with Gasteiger partial charge in [-0.2, -0.15) is 0 Å². The summed E-state index contributed by atoms with van der Waals surface area (Å²) < 4.78 is 4.69. The normalized spacial score (nSPS) is 35.2. The minimum Gasteiger partial charge on any atom is -0.473 e. The summed E-state index contributed by atoms with van der Waals surface area (Å²) in [6.07, 6.45) is 0.304. The Morgan fingerprint density at radius 3 is 2.78 bits per heavy atom. The van der Waals surface area contributed by atoms with E-state index in [0.29, 0.717) is 0 Å². The van der Waals surface area contributed by atoms with Crippen LogP contribution in [-0.2, 0) is 4.74 Å². The van der Waals surface area contributed by atoms with E-state index in [-0.39, 0.29) is 6.42 Å². The third-order valence-corrected chi connectivity index (χ3v) is 1.36. The molecule has 1 rings (SSSR count). The van der Waals surface area contributed by atoms with Crippen molar-refractivity contribution >= 4 is 0 Å². The highest BCUT2D eigenvalue weighted by atomic mass is 16.6.